The number of alkyl halides is 3. The highest BCUT2D eigenvalue weighted by molar-refractivity contribution is 6.35. The number of benzene rings is 1. The summed E-state index contributed by atoms with van der Waals surface area (Å²) in [5.74, 6) is -0.0850. The van der Waals surface area contributed by atoms with Crippen LogP contribution in [0.1, 0.15) is 17.2 Å². The van der Waals surface area contributed by atoms with E-state index < -0.39 is 12.2 Å². The van der Waals surface area contributed by atoms with Gasteiger partial charge in [0.2, 0.25) is 0 Å². The van der Waals surface area contributed by atoms with E-state index in [1.165, 1.54) is 31.0 Å². The second-order valence-electron chi connectivity index (χ2n) is 7.91. The van der Waals surface area contributed by atoms with E-state index in [9.17, 15) is 18.4 Å². The molecule has 7 nitrogen and oxygen atoms in total. The Hall–Kier alpha value is -4.05. The van der Waals surface area contributed by atoms with Crippen molar-refractivity contribution in [3.8, 4) is 11.3 Å². The summed E-state index contributed by atoms with van der Waals surface area (Å²) in [6.45, 7) is 1.67. The first-order valence-electron chi connectivity index (χ1n) is 10.4. The lowest BCUT2D eigenvalue weighted by Gasteiger charge is -2.25. The fourth-order valence-corrected chi connectivity index (χ4v) is 4.15. The van der Waals surface area contributed by atoms with Crippen molar-refractivity contribution in [1.29, 1.82) is 0 Å². The highest BCUT2D eigenvalue weighted by Crippen LogP contribution is 2.41. The number of rotatable bonds is 4. The van der Waals surface area contributed by atoms with Gasteiger partial charge in [-0.05, 0) is 37.3 Å². The van der Waals surface area contributed by atoms with Gasteiger partial charge in [-0.25, -0.2) is 15.0 Å². The summed E-state index contributed by atoms with van der Waals surface area (Å²) in [6, 6.07) is 8.86. The summed E-state index contributed by atoms with van der Waals surface area (Å²) in [5.41, 5.74) is 1.46. The molecule has 5 aromatic rings. The quantitative estimate of drug-likeness (QED) is 0.259. The van der Waals surface area contributed by atoms with Crippen LogP contribution in [0.4, 0.5) is 19.0 Å². The molecule has 0 saturated carbocycles. The molecule has 1 atom stereocenters. The summed E-state index contributed by atoms with van der Waals surface area (Å²) >= 11 is 6.30. The third-order valence-electron chi connectivity index (χ3n) is 5.39. The SMILES string of the molecule is Cc1cc(-c2nc3c(Cl)cccc3cc2[C@@H](Nc2ncnc3cccnc23)C(F)(F)F)c[n+]([O-])c1. The maximum absolute atomic E-state index is 14.6. The van der Waals surface area contributed by atoms with Crippen molar-refractivity contribution >= 4 is 39.4 Å². The van der Waals surface area contributed by atoms with E-state index in [-0.39, 0.29) is 33.2 Å². The molecule has 1 aromatic carbocycles. The van der Waals surface area contributed by atoms with Gasteiger partial charge >= 0.3 is 6.18 Å². The predicted octanol–water partition coefficient (Wildman–Crippen LogP) is 5.55. The number of anilines is 1. The largest absolute Gasteiger partial charge is 0.619 e. The Morgan fingerprint density at radius 1 is 1.03 bits per heavy atom. The molecule has 0 radical (unpaired) electrons. The van der Waals surface area contributed by atoms with E-state index in [4.69, 9.17) is 11.6 Å². The third kappa shape index (κ3) is 4.40. The molecule has 5 rings (SSSR count). The zero-order chi connectivity index (χ0) is 24.7. The van der Waals surface area contributed by atoms with Crippen molar-refractivity contribution < 1.29 is 17.9 Å². The minimum atomic E-state index is -4.76. The van der Waals surface area contributed by atoms with Gasteiger partial charge in [-0.2, -0.15) is 17.9 Å². The van der Waals surface area contributed by atoms with Gasteiger partial charge in [-0.15, -0.1) is 0 Å². The number of fused-ring (bicyclic) bond motifs is 2. The second-order valence-corrected chi connectivity index (χ2v) is 8.32. The maximum Gasteiger partial charge on any atom is 0.412 e. The van der Waals surface area contributed by atoms with E-state index in [1.54, 1.807) is 43.3 Å². The van der Waals surface area contributed by atoms with Gasteiger partial charge < -0.3 is 10.5 Å². The first-order chi connectivity index (χ1) is 16.7. The molecule has 35 heavy (non-hydrogen) atoms. The van der Waals surface area contributed by atoms with Gasteiger partial charge in [-0.1, -0.05) is 23.7 Å². The van der Waals surface area contributed by atoms with Crippen LogP contribution in [-0.2, 0) is 0 Å². The van der Waals surface area contributed by atoms with E-state index in [1.807, 2.05) is 0 Å². The molecule has 1 N–H and O–H groups in total. The summed E-state index contributed by atoms with van der Waals surface area (Å²) < 4.78 is 44.3. The first-order valence-corrected chi connectivity index (χ1v) is 10.8. The lowest BCUT2D eigenvalue weighted by molar-refractivity contribution is -0.605. The topological polar surface area (TPSA) is 90.5 Å². The van der Waals surface area contributed by atoms with Gasteiger partial charge in [0.05, 0.1) is 27.3 Å². The number of nitrogens with zero attached hydrogens (tertiary/aromatic N) is 5. The van der Waals surface area contributed by atoms with Crippen LogP contribution in [0.15, 0.2) is 67.4 Å². The Morgan fingerprint density at radius 3 is 2.63 bits per heavy atom. The standard InChI is InChI=1S/C24H16ClF3N6O/c1-13-8-15(11-34(35)10-13)19-16(9-14-4-2-5-17(25)20(14)32-19)22(24(26,27)28)33-23-21-18(30-12-31-23)6-3-7-29-21/h2-12,22H,1H3,(H,30,31,33)/t22-/m1/s1. The highest BCUT2D eigenvalue weighted by Gasteiger charge is 2.43. The number of hydrogen-bond donors (Lipinski definition) is 1. The minimum Gasteiger partial charge on any atom is -0.619 e. The molecule has 0 unspecified atom stereocenters. The van der Waals surface area contributed by atoms with Gasteiger partial charge in [0.1, 0.15) is 11.8 Å². The molecule has 0 fully saturated rings. The summed E-state index contributed by atoms with van der Waals surface area (Å²) in [4.78, 5) is 16.7. The lowest BCUT2D eigenvalue weighted by atomic mass is 9.97. The van der Waals surface area contributed by atoms with Crippen LogP contribution >= 0.6 is 11.6 Å². The van der Waals surface area contributed by atoms with Gasteiger partial charge in [0, 0.05) is 22.7 Å². The normalized spacial score (nSPS) is 12.7. The summed E-state index contributed by atoms with van der Waals surface area (Å²) in [6.07, 6.45) is 0.349. The summed E-state index contributed by atoms with van der Waals surface area (Å²) in [5, 5.41) is 15.3. The third-order valence-corrected chi connectivity index (χ3v) is 5.70. The molecule has 11 heteroatoms. The minimum absolute atomic E-state index is 0.0277. The number of pyridine rings is 3. The Bertz CT molecular complexity index is 1550. The summed E-state index contributed by atoms with van der Waals surface area (Å²) in [7, 11) is 0. The van der Waals surface area contributed by atoms with Crippen molar-refractivity contribution in [2.75, 3.05) is 5.32 Å². The number of para-hydroxylation sites is 1. The molecular formula is C24H16ClF3N6O. The maximum atomic E-state index is 14.6. The van der Waals surface area contributed by atoms with Crippen LogP contribution < -0.4 is 10.0 Å². The molecule has 176 valence electrons. The van der Waals surface area contributed by atoms with Crippen LogP contribution in [0.25, 0.3) is 33.2 Å². The number of aromatic nitrogens is 5. The zero-order valence-electron chi connectivity index (χ0n) is 18.1. The van der Waals surface area contributed by atoms with E-state index in [0.29, 0.717) is 26.7 Å². The monoisotopic (exact) mass is 496 g/mol. The first kappa shape index (κ1) is 22.7. The molecule has 0 bridgehead atoms. The Labute approximate surface area is 201 Å². The number of aryl methyl sites for hydroxylation is 1. The van der Waals surface area contributed by atoms with Crippen LogP contribution in [0.2, 0.25) is 5.02 Å². The van der Waals surface area contributed by atoms with E-state index >= 15 is 0 Å². The van der Waals surface area contributed by atoms with Crippen LogP contribution in [0.5, 0.6) is 0 Å². The molecule has 0 aliphatic heterocycles. The van der Waals surface area contributed by atoms with E-state index in [2.05, 4.69) is 25.3 Å². The van der Waals surface area contributed by atoms with Crippen molar-refractivity contribution in [2.24, 2.45) is 0 Å². The molecule has 0 amide bonds. The van der Waals surface area contributed by atoms with Crippen molar-refractivity contribution in [1.82, 2.24) is 19.9 Å². The molecule has 0 aliphatic rings. The zero-order valence-corrected chi connectivity index (χ0v) is 18.8. The number of halogens is 4. The molecule has 0 spiro atoms. The number of nitrogens with one attached hydrogen (secondary N) is 1. The van der Waals surface area contributed by atoms with Gasteiger partial charge in [0.25, 0.3) is 0 Å². The van der Waals surface area contributed by atoms with E-state index in [0.717, 1.165) is 0 Å². The average Bonchev–Trinajstić information content (AvgIpc) is 2.81. The second kappa shape index (κ2) is 8.62. The molecule has 0 aliphatic carbocycles. The highest BCUT2D eigenvalue weighted by atomic mass is 35.5. The van der Waals surface area contributed by atoms with Gasteiger partial charge in [0.15, 0.2) is 24.3 Å². The van der Waals surface area contributed by atoms with Crippen LogP contribution in [0.3, 0.4) is 0 Å². The van der Waals surface area contributed by atoms with Crippen LogP contribution in [-0.4, -0.2) is 26.1 Å². The van der Waals surface area contributed by atoms with Crippen molar-refractivity contribution in [2.45, 2.75) is 19.1 Å². The lowest BCUT2D eigenvalue weighted by Crippen LogP contribution is -2.30. The number of hydrogen-bond acceptors (Lipinski definition) is 6. The van der Waals surface area contributed by atoms with Crippen LogP contribution in [0, 0.1) is 12.1 Å². The average molecular weight is 497 g/mol. The Balaban J connectivity index is 1.77. The molecule has 4 aromatic heterocycles. The molecular weight excluding hydrogens is 481 g/mol. The Morgan fingerprint density at radius 2 is 1.86 bits per heavy atom. The van der Waals surface area contributed by atoms with Gasteiger partial charge in [-0.3, -0.25) is 4.98 Å². The fraction of sp³-hybridized carbons (Fsp3) is 0.125. The predicted molar refractivity (Wildman–Crippen MR) is 126 cm³/mol. The van der Waals surface area contributed by atoms with Crippen molar-refractivity contribution in [3.05, 3.63) is 88.7 Å². The van der Waals surface area contributed by atoms with Crippen molar-refractivity contribution in [3.63, 3.8) is 0 Å². The Kier molecular flexibility index (Phi) is 5.60. The molecule has 0 saturated heterocycles. The smallest absolute Gasteiger partial charge is 0.412 e. The fourth-order valence-electron chi connectivity index (χ4n) is 3.93. The molecule has 4 heterocycles.